The summed E-state index contributed by atoms with van der Waals surface area (Å²) in [4.78, 5) is 11.1. The van der Waals surface area contributed by atoms with E-state index in [9.17, 15) is 4.79 Å². The maximum atomic E-state index is 11.1. The van der Waals surface area contributed by atoms with Crippen LogP contribution in [-0.4, -0.2) is 12.6 Å². The first-order valence-electron chi connectivity index (χ1n) is 4.73. The average molecular weight is 190 g/mol. The number of hydrogen-bond donors (Lipinski definition) is 0. The minimum Gasteiger partial charge on any atom is -0.463 e. The second-order valence-corrected chi connectivity index (χ2v) is 2.91. The molecule has 0 aromatic heterocycles. The van der Waals surface area contributed by atoms with Crippen molar-refractivity contribution in [3.05, 3.63) is 42.0 Å². The molecule has 0 saturated heterocycles. The minimum absolute atomic E-state index is 0.282. The number of carbonyl (C=O) groups is 1. The molecule has 0 spiro atoms. The fourth-order valence-corrected chi connectivity index (χ4v) is 0.979. The Labute approximate surface area is 84.2 Å². The lowest BCUT2D eigenvalue weighted by Crippen LogP contribution is -2.00. The SMILES string of the molecule is CCCOC(=O)C=Cc1ccccc1. The van der Waals surface area contributed by atoms with Crippen LogP contribution in [0.2, 0.25) is 0 Å². The van der Waals surface area contributed by atoms with E-state index >= 15 is 0 Å². The monoisotopic (exact) mass is 190 g/mol. The Morgan fingerprint density at radius 3 is 2.71 bits per heavy atom. The van der Waals surface area contributed by atoms with E-state index in [1.165, 1.54) is 6.08 Å². The number of benzene rings is 1. The molecular weight excluding hydrogens is 176 g/mol. The van der Waals surface area contributed by atoms with Gasteiger partial charge in [0.25, 0.3) is 0 Å². The number of carbonyl (C=O) groups excluding carboxylic acids is 1. The van der Waals surface area contributed by atoms with Crippen LogP contribution in [0.1, 0.15) is 18.9 Å². The van der Waals surface area contributed by atoms with E-state index < -0.39 is 0 Å². The maximum absolute atomic E-state index is 11.1. The average Bonchev–Trinajstić information content (AvgIpc) is 2.25. The summed E-state index contributed by atoms with van der Waals surface area (Å²) < 4.78 is 4.89. The van der Waals surface area contributed by atoms with E-state index in [-0.39, 0.29) is 5.97 Å². The van der Waals surface area contributed by atoms with Crippen molar-refractivity contribution in [3.63, 3.8) is 0 Å². The Morgan fingerprint density at radius 2 is 2.07 bits per heavy atom. The molecule has 0 bridgehead atoms. The maximum Gasteiger partial charge on any atom is 0.330 e. The lowest BCUT2D eigenvalue weighted by molar-refractivity contribution is -0.137. The van der Waals surface area contributed by atoms with Gasteiger partial charge in [0.15, 0.2) is 0 Å². The van der Waals surface area contributed by atoms with Gasteiger partial charge in [-0.2, -0.15) is 0 Å². The number of esters is 1. The van der Waals surface area contributed by atoms with Gasteiger partial charge in [-0.25, -0.2) is 4.79 Å². The van der Waals surface area contributed by atoms with E-state index in [2.05, 4.69) is 0 Å². The Kier molecular flexibility index (Phi) is 4.48. The second-order valence-electron chi connectivity index (χ2n) is 2.91. The first-order chi connectivity index (χ1) is 6.83. The molecule has 0 saturated carbocycles. The topological polar surface area (TPSA) is 26.3 Å². The molecule has 0 unspecified atom stereocenters. The van der Waals surface area contributed by atoms with Crippen LogP contribution >= 0.6 is 0 Å². The molecule has 2 nitrogen and oxygen atoms in total. The molecule has 0 aliphatic carbocycles. The number of ether oxygens (including phenoxy) is 1. The number of hydrogen-bond acceptors (Lipinski definition) is 2. The van der Waals surface area contributed by atoms with Gasteiger partial charge in [0, 0.05) is 6.08 Å². The summed E-state index contributed by atoms with van der Waals surface area (Å²) in [7, 11) is 0. The molecule has 0 radical (unpaired) electrons. The summed E-state index contributed by atoms with van der Waals surface area (Å²) in [5, 5.41) is 0. The highest BCUT2D eigenvalue weighted by atomic mass is 16.5. The summed E-state index contributed by atoms with van der Waals surface area (Å²) in [6.07, 6.45) is 4.05. The van der Waals surface area contributed by atoms with E-state index in [0.29, 0.717) is 6.61 Å². The van der Waals surface area contributed by atoms with Crippen LogP contribution in [0.3, 0.4) is 0 Å². The van der Waals surface area contributed by atoms with E-state index in [4.69, 9.17) is 4.74 Å². The third-order valence-electron chi connectivity index (χ3n) is 1.66. The third kappa shape index (κ3) is 3.90. The van der Waals surface area contributed by atoms with E-state index in [1.807, 2.05) is 37.3 Å². The van der Waals surface area contributed by atoms with E-state index in [0.717, 1.165) is 12.0 Å². The molecule has 2 heteroatoms. The van der Waals surface area contributed by atoms with Crippen LogP contribution in [0, 0.1) is 0 Å². The Bertz CT molecular complexity index is 301. The number of rotatable bonds is 4. The van der Waals surface area contributed by atoms with Crippen LogP contribution < -0.4 is 0 Å². The molecule has 0 fully saturated rings. The van der Waals surface area contributed by atoms with Crippen LogP contribution in [0.5, 0.6) is 0 Å². The van der Waals surface area contributed by atoms with Gasteiger partial charge in [-0.1, -0.05) is 37.3 Å². The van der Waals surface area contributed by atoms with Crippen molar-refractivity contribution in [2.45, 2.75) is 13.3 Å². The smallest absolute Gasteiger partial charge is 0.330 e. The van der Waals surface area contributed by atoms with Crippen molar-refractivity contribution in [2.75, 3.05) is 6.61 Å². The van der Waals surface area contributed by atoms with Crippen LogP contribution in [0.4, 0.5) is 0 Å². The first-order valence-corrected chi connectivity index (χ1v) is 4.73. The molecule has 1 aromatic carbocycles. The first kappa shape index (κ1) is 10.5. The molecule has 0 aliphatic rings. The molecule has 1 rings (SSSR count). The zero-order valence-corrected chi connectivity index (χ0v) is 8.27. The quantitative estimate of drug-likeness (QED) is 0.539. The second kappa shape index (κ2) is 5.97. The zero-order valence-electron chi connectivity index (χ0n) is 8.27. The van der Waals surface area contributed by atoms with Crippen molar-refractivity contribution in [1.82, 2.24) is 0 Å². The molecule has 0 atom stereocenters. The van der Waals surface area contributed by atoms with Crippen LogP contribution in [-0.2, 0) is 9.53 Å². The standard InChI is InChI=1S/C12H14O2/c1-2-10-14-12(13)9-8-11-6-4-3-5-7-11/h3-9H,2,10H2,1H3. The largest absolute Gasteiger partial charge is 0.463 e. The lowest BCUT2D eigenvalue weighted by Gasteiger charge is -1.97. The van der Waals surface area contributed by atoms with Gasteiger partial charge in [0.05, 0.1) is 6.61 Å². The fourth-order valence-electron chi connectivity index (χ4n) is 0.979. The highest BCUT2D eigenvalue weighted by Crippen LogP contribution is 2.00. The summed E-state index contributed by atoms with van der Waals surface area (Å²) in [5.74, 6) is -0.282. The van der Waals surface area contributed by atoms with Gasteiger partial charge in [-0.05, 0) is 18.1 Å². The van der Waals surface area contributed by atoms with E-state index in [1.54, 1.807) is 6.08 Å². The Hall–Kier alpha value is -1.57. The van der Waals surface area contributed by atoms with Gasteiger partial charge < -0.3 is 4.74 Å². The van der Waals surface area contributed by atoms with Crippen LogP contribution in [0.25, 0.3) is 6.08 Å². The van der Waals surface area contributed by atoms with Gasteiger partial charge in [-0.3, -0.25) is 0 Å². The Balaban J connectivity index is 2.44. The third-order valence-corrected chi connectivity index (χ3v) is 1.66. The fraction of sp³-hybridized carbons (Fsp3) is 0.250. The van der Waals surface area contributed by atoms with Gasteiger partial charge >= 0.3 is 5.97 Å². The normalized spacial score (nSPS) is 10.4. The molecule has 1 aromatic rings. The molecular formula is C12H14O2. The molecule has 0 amide bonds. The molecule has 0 aliphatic heterocycles. The highest BCUT2D eigenvalue weighted by Gasteiger charge is 1.93. The lowest BCUT2D eigenvalue weighted by atomic mass is 10.2. The van der Waals surface area contributed by atoms with Crippen molar-refractivity contribution in [2.24, 2.45) is 0 Å². The summed E-state index contributed by atoms with van der Waals surface area (Å²) in [5.41, 5.74) is 1.00. The van der Waals surface area contributed by atoms with Crippen molar-refractivity contribution < 1.29 is 9.53 Å². The van der Waals surface area contributed by atoms with Gasteiger partial charge in [0.2, 0.25) is 0 Å². The summed E-state index contributed by atoms with van der Waals surface area (Å²) in [6, 6.07) is 9.66. The highest BCUT2D eigenvalue weighted by molar-refractivity contribution is 5.86. The molecule has 0 N–H and O–H groups in total. The van der Waals surface area contributed by atoms with Crippen LogP contribution in [0.15, 0.2) is 36.4 Å². The molecule has 14 heavy (non-hydrogen) atoms. The van der Waals surface area contributed by atoms with Gasteiger partial charge in [-0.15, -0.1) is 0 Å². The molecule has 74 valence electrons. The van der Waals surface area contributed by atoms with Gasteiger partial charge in [0.1, 0.15) is 0 Å². The minimum atomic E-state index is -0.282. The molecule has 0 heterocycles. The summed E-state index contributed by atoms with van der Waals surface area (Å²) >= 11 is 0. The predicted octanol–water partition coefficient (Wildman–Crippen LogP) is 2.65. The zero-order chi connectivity index (χ0) is 10.2. The predicted molar refractivity (Wildman–Crippen MR) is 56.7 cm³/mol. The van der Waals surface area contributed by atoms with Crippen molar-refractivity contribution in [3.8, 4) is 0 Å². The Morgan fingerprint density at radius 1 is 1.36 bits per heavy atom. The van der Waals surface area contributed by atoms with Crippen molar-refractivity contribution >= 4 is 12.0 Å². The summed E-state index contributed by atoms with van der Waals surface area (Å²) in [6.45, 7) is 2.45. The van der Waals surface area contributed by atoms with Crippen molar-refractivity contribution in [1.29, 1.82) is 0 Å².